The Kier molecular flexibility index (Phi) is 3.98. The van der Waals surface area contributed by atoms with Crippen LogP contribution in [0.2, 0.25) is 0 Å². The van der Waals surface area contributed by atoms with E-state index in [0.717, 1.165) is 16.3 Å². The molecule has 0 unspecified atom stereocenters. The molecule has 0 aliphatic rings. The molecular weight excluding hydrogens is 250 g/mol. The van der Waals surface area contributed by atoms with Crippen molar-refractivity contribution in [3.63, 3.8) is 0 Å². The zero-order valence-electron chi connectivity index (χ0n) is 10.8. The molecule has 0 fully saturated rings. The van der Waals surface area contributed by atoms with Gasteiger partial charge in [0.05, 0.1) is 24.5 Å². The minimum atomic E-state index is -0.225. The van der Waals surface area contributed by atoms with Gasteiger partial charge in [0, 0.05) is 17.6 Å². The van der Waals surface area contributed by atoms with Crippen molar-refractivity contribution < 1.29 is 9.53 Å². The van der Waals surface area contributed by atoms with Gasteiger partial charge in [0.25, 0.3) is 0 Å². The molecule has 5 nitrogen and oxygen atoms in total. The minimum Gasteiger partial charge on any atom is -0.465 e. The van der Waals surface area contributed by atoms with Gasteiger partial charge in [-0.1, -0.05) is 0 Å². The summed E-state index contributed by atoms with van der Waals surface area (Å²) in [7, 11) is 0. The van der Waals surface area contributed by atoms with Crippen molar-refractivity contribution in [1.29, 1.82) is 0 Å². The number of thiazole rings is 1. The van der Waals surface area contributed by atoms with Crippen molar-refractivity contribution in [3.8, 4) is 0 Å². The fourth-order valence-corrected chi connectivity index (χ4v) is 2.71. The molecule has 0 spiro atoms. The lowest BCUT2D eigenvalue weighted by Crippen LogP contribution is -2.25. The summed E-state index contributed by atoms with van der Waals surface area (Å²) in [4.78, 5) is 17.9. The van der Waals surface area contributed by atoms with Gasteiger partial charge >= 0.3 is 5.97 Å². The summed E-state index contributed by atoms with van der Waals surface area (Å²) in [5.74, 6) is -0.225. The number of nitrogens with zero attached hydrogens (tertiary/aromatic N) is 2. The molecule has 2 aromatic rings. The van der Waals surface area contributed by atoms with Gasteiger partial charge in [-0.2, -0.15) is 0 Å². The third-order valence-corrected chi connectivity index (χ3v) is 3.51. The average Bonchev–Trinajstić information content (AvgIpc) is 2.77. The third-order valence-electron chi connectivity index (χ3n) is 2.61. The van der Waals surface area contributed by atoms with Crippen molar-refractivity contribution in [2.75, 3.05) is 13.2 Å². The van der Waals surface area contributed by atoms with Gasteiger partial charge in [0.2, 0.25) is 0 Å². The summed E-state index contributed by atoms with van der Waals surface area (Å²) >= 11 is 1.67. The number of nitrogens with one attached hydrogen (secondary N) is 1. The highest BCUT2D eigenvalue weighted by molar-refractivity contribution is 7.17. The topological polar surface area (TPSA) is 55.6 Å². The lowest BCUT2D eigenvalue weighted by atomic mass is 10.3. The molecule has 6 heteroatoms. The molecule has 0 saturated carbocycles. The summed E-state index contributed by atoms with van der Waals surface area (Å²) < 4.78 is 6.94. The van der Waals surface area contributed by atoms with Crippen molar-refractivity contribution in [2.24, 2.45) is 0 Å². The zero-order valence-corrected chi connectivity index (χ0v) is 11.6. The fourth-order valence-electron chi connectivity index (χ4n) is 1.82. The zero-order chi connectivity index (χ0) is 13.1. The molecular formula is C12H17N3O2S. The monoisotopic (exact) mass is 267 g/mol. The summed E-state index contributed by atoms with van der Waals surface area (Å²) in [6.45, 7) is 7.10. The standard InChI is InChI=1S/C12H17N3O2S/c1-4-17-11(16)6-13-5-10-9(3)14-12-15(10)7-8(2)18-12/h7,13H,4-6H2,1-3H3. The Bertz CT molecular complexity index is 559. The van der Waals surface area contributed by atoms with E-state index in [-0.39, 0.29) is 12.5 Å². The van der Waals surface area contributed by atoms with Gasteiger partial charge in [-0.25, -0.2) is 4.98 Å². The van der Waals surface area contributed by atoms with Crippen LogP contribution in [0.5, 0.6) is 0 Å². The summed E-state index contributed by atoms with van der Waals surface area (Å²) in [6.07, 6.45) is 2.07. The first-order valence-corrected chi connectivity index (χ1v) is 6.73. The number of ether oxygens (including phenoxy) is 1. The second-order valence-electron chi connectivity index (χ2n) is 4.05. The normalized spacial score (nSPS) is 11.1. The maximum Gasteiger partial charge on any atom is 0.319 e. The van der Waals surface area contributed by atoms with E-state index in [0.29, 0.717) is 13.2 Å². The maximum atomic E-state index is 11.2. The van der Waals surface area contributed by atoms with Gasteiger partial charge in [-0.3, -0.25) is 9.20 Å². The molecule has 2 aromatic heterocycles. The summed E-state index contributed by atoms with van der Waals surface area (Å²) in [6, 6.07) is 0. The SMILES string of the molecule is CCOC(=O)CNCc1c(C)nc2sc(C)cn12. The molecule has 0 amide bonds. The number of carbonyl (C=O) groups is 1. The van der Waals surface area contributed by atoms with Crippen molar-refractivity contribution in [1.82, 2.24) is 14.7 Å². The van der Waals surface area contributed by atoms with Gasteiger partial charge in [0.1, 0.15) is 0 Å². The Morgan fingerprint density at radius 1 is 1.56 bits per heavy atom. The van der Waals surface area contributed by atoms with Crippen LogP contribution in [0, 0.1) is 13.8 Å². The lowest BCUT2D eigenvalue weighted by molar-refractivity contribution is -0.142. The second kappa shape index (κ2) is 5.49. The number of hydrogen-bond acceptors (Lipinski definition) is 5. The van der Waals surface area contributed by atoms with E-state index < -0.39 is 0 Å². The van der Waals surface area contributed by atoms with Crippen LogP contribution in [0.1, 0.15) is 23.2 Å². The number of esters is 1. The number of carbonyl (C=O) groups excluding carboxylic acids is 1. The molecule has 0 bridgehead atoms. The quantitative estimate of drug-likeness (QED) is 0.837. The predicted octanol–water partition coefficient (Wildman–Crippen LogP) is 1.67. The Labute approximate surface area is 110 Å². The van der Waals surface area contributed by atoms with Gasteiger partial charge in [0.15, 0.2) is 4.96 Å². The summed E-state index contributed by atoms with van der Waals surface area (Å²) in [5.41, 5.74) is 2.09. The molecule has 0 aliphatic heterocycles. The molecule has 2 heterocycles. The van der Waals surface area contributed by atoms with Crippen molar-refractivity contribution in [2.45, 2.75) is 27.3 Å². The van der Waals surface area contributed by atoms with E-state index in [9.17, 15) is 4.79 Å². The van der Waals surface area contributed by atoms with Gasteiger partial charge < -0.3 is 10.1 Å². The van der Waals surface area contributed by atoms with Crippen LogP contribution >= 0.6 is 11.3 Å². The van der Waals surface area contributed by atoms with Gasteiger partial charge in [-0.05, 0) is 20.8 Å². The van der Waals surface area contributed by atoms with Crippen LogP contribution in [0.15, 0.2) is 6.20 Å². The molecule has 1 N–H and O–H groups in total. The molecule has 0 aliphatic carbocycles. The molecule has 0 aromatic carbocycles. The number of hydrogen-bond donors (Lipinski definition) is 1. The molecule has 18 heavy (non-hydrogen) atoms. The molecule has 0 saturated heterocycles. The minimum absolute atomic E-state index is 0.225. The highest BCUT2D eigenvalue weighted by atomic mass is 32.1. The smallest absolute Gasteiger partial charge is 0.319 e. The van der Waals surface area contributed by atoms with E-state index in [1.807, 2.05) is 6.92 Å². The Morgan fingerprint density at radius 3 is 3.06 bits per heavy atom. The van der Waals surface area contributed by atoms with E-state index in [4.69, 9.17) is 4.74 Å². The van der Waals surface area contributed by atoms with Crippen LogP contribution in [0.25, 0.3) is 4.96 Å². The largest absolute Gasteiger partial charge is 0.465 e. The third kappa shape index (κ3) is 2.70. The number of fused-ring (bicyclic) bond motifs is 1. The molecule has 2 rings (SSSR count). The average molecular weight is 267 g/mol. The Morgan fingerprint density at radius 2 is 2.33 bits per heavy atom. The van der Waals surface area contributed by atoms with E-state index in [1.54, 1.807) is 18.3 Å². The highest BCUT2D eigenvalue weighted by Crippen LogP contribution is 2.20. The first kappa shape index (κ1) is 13.0. The summed E-state index contributed by atoms with van der Waals surface area (Å²) in [5, 5.41) is 3.08. The second-order valence-corrected chi connectivity index (χ2v) is 5.26. The Hall–Kier alpha value is -1.40. The number of imidazole rings is 1. The first-order valence-electron chi connectivity index (χ1n) is 5.92. The van der Waals surface area contributed by atoms with E-state index in [1.165, 1.54) is 4.88 Å². The van der Waals surface area contributed by atoms with E-state index in [2.05, 4.69) is 27.8 Å². The van der Waals surface area contributed by atoms with Crippen LogP contribution in [-0.2, 0) is 16.1 Å². The van der Waals surface area contributed by atoms with Crippen molar-refractivity contribution >= 4 is 22.3 Å². The number of aryl methyl sites for hydroxylation is 2. The number of rotatable bonds is 5. The highest BCUT2D eigenvalue weighted by Gasteiger charge is 2.11. The lowest BCUT2D eigenvalue weighted by Gasteiger charge is -2.04. The molecule has 0 radical (unpaired) electrons. The maximum absolute atomic E-state index is 11.2. The predicted molar refractivity (Wildman–Crippen MR) is 70.9 cm³/mol. The van der Waals surface area contributed by atoms with Crippen molar-refractivity contribution in [3.05, 3.63) is 22.5 Å². The van der Waals surface area contributed by atoms with Gasteiger partial charge in [-0.15, -0.1) is 11.3 Å². The number of aromatic nitrogens is 2. The van der Waals surface area contributed by atoms with Crippen LogP contribution in [0.4, 0.5) is 0 Å². The molecule has 98 valence electrons. The van der Waals surface area contributed by atoms with E-state index >= 15 is 0 Å². The Balaban J connectivity index is 2.02. The molecule has 0 atom stereocenters. The van der Waals surface area contributed by atoms with Crippen LogP contribution in [0.3, 0.4) is 0 Å². The first-order chi connectivity index (χ1) is 8.61. The fraction of sp³-hybridized carbons (Fsp3) is 0.500. The van der Waals surface area contributed by atoms with Crippen LogP contribution < -0.4 is 5.32 Å². The van der Waals surface area contributed by atoms with Crippen LogP contribution in [-0.4, -0.2) is 28.5 Å².